The summed E-state index contributed by atoms with van der Waals surface area (Å²) in [5, 5.41) is 14.2. The second kappa shape index (κ2) is 7.25. The monoisotopic (exact) mass is 427 g/mol. The lowest BCUT2D eigenvalue weighted by Crippen LogP contribution is -2.36. The van der Waals surface area contributed by atoms with Crippen LogP contribution in [0, 0.1) is 6.92 Å². The first-order valence-electron chi connectivity index (χ1n) is 9.79. The van der Waals surface area contributed by atoms with E-state index in [9.17, 15) is 13.6 Å². The summed E-state index contributed by atoms with van der Waals surface area (Å²) in [4.78, 5) is 19.4. The summed E-state index contributed by atoms with van der Waals surface area (Å²) in [6.07, 6.45) is 1.53. The van der Waals surface area contributed by atoms with E-state index in [1.54, 1.807) is 10.9 Å². The molecule has 1 aromatic carbocycles. The minimum absolute atomic E-state index is 0.0864. The van der Waals surface area contributed by atoms with Crippen molar-refractivity contribution in [1.29, 1.82) is 0 Å². The van der Waals surface area contributed by atoms with Gasteiger partial charge in [0.25, 0.3) is 6.43 Å². The number of alkyl halides is 2. The second-order valence-corrected chi connectivity index (χ2v) is 7.82. The van der Waals surface area contributed by atoms with E-state index in [0.29, 0.717) is 17.9 Å². The Hall–Kier alpha value is -3.63. The Kier molecular flexibility index (Phi) is 4.53. The van der Waals surface area contributed by atoms with Gasteiger partial charge in [-0.1, -0.05) is 5.21 Å². The van der Waals surface area contributed by atoms with E-state index in [-0.39, 0.29) is 23.3 Å². The standard InChI is InChI=1S/C20H19F2N7O2/c1-11-6-12(8-13(7-11)24-18-23-5-2-14(25-18)17(21)22)15-9-29(28-27-15)10-16-20(3-4-20)26-19(30)31-16/h2,5-9,16-17H,3-4,10H2,1H3,(H,26,30)(H,23,24,25)/t16-/m1/s1. The van der Waals surface area contributed by atoms with E-state index in [4.69, 9.17) is 4.74 Å². The Labute approximate surface area is 175 Å². The number of carbonyl (C=O) groups is 1. The molecular formula is C20H19F2N7O2. The number of aryl methyl sites for hydroxylation is 1. The van der Waals surface area contributed by atoms with Gasteiger partial charge in [-0.05, 0) is 49.6 Å². The van der Waals surface area contributed by atoms with Crippen LogP contribution in [0.3, 0.4) is 0 Å². The Balaban J connectivity index is 1.35. The lowest BCUT2D eigenvalue weighted by atomic mass is 10.1. The fourth-order valence-electron chi connectivity index (χ4n) is 3.73. The number of benzene rings is 1. The number of hydrogen-bond donors (Lipinski definition) is 2. The molecule has 0 bridgehead atoms. The Morgan fingerprint density at radius 1 is 1.35 bits per heavy atom. The van der Waals surface area contributed by atoms with Crippen LogP contribution in [0.2, 0.25) is 0 Å². The molecule has 0 radical (unpaired) electrons. The predicted molar refractivity (Wildman–Crippen MR) is 106 cm³/mol. The fourth-order valence-corrected chi connectivity index (χ4v) is 3.73. The SMILES string of the molecule is Cc1cc(Nc2nccc(C(F)F)n2)cc(-c2cn(C[C@H]3OC(=O)NC34CC4)nn2)c1. The molecule has 2 aromatic heterocycles. The van der Waals surface area contributed by atoms with E-state index in [1.807, 2.05) is 25.1 Å². The number of aromatic nitrogens is 5. The summed E-state index contributed by atoms with van der Waals surface area (Å²) in [5.41, 5.74) is 2.39. The highest BCUT2D eigenvalue weighted by Gasteiger charge is 2.57. The first-order valence-corrected chi connectivity index (χ1v) is 9.79. The molecule has 1 aliphatic carbocycles. The molecule has 3 heterocycles. The van der Waals surface area contributed by atoms with Gasteiger partial charge in [0.1, 0.15) is 17.5 Å². The van der Waals surface area contributed by atoms with Crippen LogP contribution in [-0.4, -0.2) is 42.7 Å². The summed E-state index contributed by atoms with van der Waals surface area (Å²) >= 11 is 0. The summed E-state index contributed by atoms with van der Waals surface area (Å²) in [6.45, 7) is 2.33. The quantitative estimate of drug-likeness (QED) is 0.621. The van der Waals surface area contributed by atoms with Crippen molar-refractivity contribution < 1.29 is 18.3 Å². The van der Waals surface area contributed by atoms with Crippen LogP contribution in [0.4, 0.5) is 25.2 Å². The average molecular weight is 427 g/mol. The maximum absolute atomic E-state index is 12.9. The van der Waals surface area contributed by atoms with Gasteiger partial charge in [-0.3, -0.25) is 0 Å². The molecule has 1 amide bonds. The Morgan fingerprint density at radius 2 is 2.19 bits per heavy atom. The van der Waals surface area contributed by atoms with E-state index in [2.05, 4.69) is 30.9 Å². The maximum Gasteiger partial charge on any atom is 0.408 e. The molecule has 2 N–H and O–H groups in total. The first-order chi connectivity index (χ1) is 14.9. The zero-order chi connectivity index (χ0) is 21.6. The number of anilines is 2. The molecular weight excluding hydrogens is 408 g/mol. The van der Waals surface area contributed by atoms with Crippen molar-refractivity contribution >= 4 is 17.7 Å². The van der Waals surface area contributed by atoms with Gasteiger partial charge < -0.3 is 15.4 Å². The van der Waals surface area contributed by atoms with Crippen molar-refractivity contribution in [1.82, 2.24) is 30.3 Å². The van der Waals surface area contributed by atoms with Gasteiger partial charge in [-0.25, -0.2) is 28.2 Å². The summed E-state index contributed by atoms with van der Waals surface area (Å²) in [7, 11) is 0. The highest BCUT2D eigenvalue weighted by Crippen LogP contribution is 2.44. The normalized spacial score (nSPS) is 18.8. The third-order valence-corrected chi connectivity index (χ3v) is 5.43. The topological polar surface area (TPSA) is 107 Å². The molecule has 1 saturated carbocycles. The first kappa shape index (κ1) is 19.3. The Bertz CT molecular complexity index is 1150. The molecule has 2 aliphatic rings. The van der Waals surface area contributed by atoms with Gasteiger partial charge in [0.05, 0.1) is 18.3 Å². The van der Waals surface area contributed by atoms with Gasteiger partial charge in [-0.2, -0.15) is 0 Å². The summed E-state index contributed by atoms with van der Waals surface area (Å²) in [5.74, 6) is 0.0864. The van der Waals surface area contributed by atoms with Gasteiger partial charge in [0, 0.05) is 17.4 Å². The lowest BCUT2D eigenvalue weighted by Gasteiger charge is -2.14. The summed E-state index contributed by atoms with van der Waals surface area (Å²) in [6, 6.07) is 6.79. The van der Waals surface area contributed by atoms with Crippen LogP contribution >= 0.6 is 0 Å². The van der Waals surface area contributed by atoms with Crippen LogP contribution in [0.25, 0.3) is 11.3 Å². The lowest BCUT2D eigenvalue weighted by molar-refractivity contribution is 0.113. The Morgan fingerprint density at radius 3 is 2.97 bits per heavy atom. The fraction of sp³-hybridized carbons (Fsp3) is 0.350. The van der Waals surface area contributed by atoms with Crippen molar-refractivity contribution in [2.75, 3.05) is 5.32 Å². The van der Waals surface area contributed by atoms with E-state index in [0.717, 1.165) is 24.0 Å². The van der Waals surface area contributed by atoms with Crippen LogP contribution in [0.15, 0.2) is 36.7 Å². The number of cyclic esters (lactones) is 1. The number of nitrogens with zero attached hydrogens (tertiary/aromatic N) is 5. The average Bonchev–Trinajstić information content (AvgIpc) is 3.22. The highest BCUT2D eigenvalue weighted by atomic mass is 19.3. The minimum Gasteiger partial charge on any atom is -0.442 e. The highest BCUT2D eigenvalue weighted by molar-refractivity contribution is 5.72. The van der Waals surface area contributed by atoms with Crippen molar-refractivity contribution in [3.63, 3.8) is 0 Å². The smallest absolute Gasteiger partial charge is 0.408 e. The number of carbonyl (C=O) groups excluding carboxylic acids is 1. The number of ether oxygens (including phenoxy) is 1. The van der Waals surface area contributed by atoms with Crippen LogP contribution in [0.1, 0.15) is 30.5 Å². The molecule has 1 spiro atoms. The molecule has 5 rings (SSSR count). The number of hydrogen-bond acceptors (Lipinski definition) is 7. The van der Waals surface area contributed by atoms with Crippen LogP contribution in [-0.2, 0) is 11.3 Å². The molecule has 1 saturated heterocycles. The number of rotatable bonds is 6. The van der Waals surface area contributed by atoms with E-state index < -0.39 is 12.5 Å². The van der Waals surface area contributed by atoms with Gasteiger partial charge in [0.15, 0.2) is 0 Å². The zero-order valence-electron chi connectivity index (χ0n) is 16.5. The molecule has 1 atom stereocenters. The predicted octanol–water partition coefficient (Wildman–Crippen LogP) is 3.37. The molecule has 11 heteroatoms. The second-order valence-electron chi connectivity index (χ2n) is 7.82. The molecule has 3 aromatic rings. The third kappa shape index (κ3) is 3.90. The van der Waals surface area contributed by atoms with Crippen molar-refractivity contribution in [2.24, 2.45) is 0 Å². The molecule has 0 unspecified atom stereocenters. The van der Waals surface area contributed by atoms with Gasteiger partial charge in [0.2, 0.25) is 5.95 Å². The molecule has 9 nitrogen and oxygen atoms in total. The number of nitrogens with one attached hydrogen (secondary N) is 2. The van der Waals surface area contributed by atoms with Gasteiger partial charge in [-0.15, -0.1) is 5.10 Å². The van der Waals surface area contributed by atoms with Crippen LogP contribution < -0.4 is 10.6 Å². The van der Waals surface area contributed by atoms with Crippen molar-refractivity contribution in [2.45, 2.75) is 44.4 Å². The maximum atomic E-state index is 12.9. The molecule has 1 aliphatic heterocycles. The van der Waals surface area contributed by atoms with Crippen LogP contribution in [0.5, 0.6) is 0 Å². The summed E-state index contributed by atoms with van der Waals surface area (Å²) < 4.78 is 32.8. The van der Waals surface area contributed by atoms with Crippen molar-refractivity contribution in [3.05, 3.63) is 47.9 Å². The van der Waals surface area contributed by atoms with E-state index >= 15 is 0 Å². The van der Waals surface area contributed by atoms with Crippen molar-refractivity contribution in [3.8, 4) is 11.3 Å². The number of alkyl carbamates (subject to hydrolysis) is 1. The zero-order valence-corrected chi connectivity index (χ0v) is 16.5. The van der Waals surface area contributed by atoms with Gasteiger partial charge >= 0.3 is 6.09 Å². The number of halogens is 2. The minimum atomic E-state index is -2.67. The molecule has 2 fully saturated rings. The molecule has 31 heavy (non-hydrogen) atoms. The largest absolute Gasteiger partial charge is 0.442 e. The number of amides is 1. The third-order valence-electron chi connectivity index (χ3n) is 5.43. The molecule has 160 valence electrons. The van der Waals surface area contributed by atoms with E-state index in [1.165, 1.54) is 12.3 Å².